The second-order valence-corrected chi connectivity index (χ2v) is 5.95. The number of rotatable bonds is 3. The van der Waals surface area contributed by atoms with E-state index >= 15 is 0 Å². The van der Waals surface area contributed by atoms with Gasteiger partial charge in [-0.1, -0.05) is 12.1 Å². The van der Waals surface area contributed by atoms with E-state index in [1.807, 2.05) is 41.2 Å². The number of anilines is 1. The van der Waals surface area contributed by atoms with Gasteiger partial charge in [0, 0.05) is 11.1 Å². The first kappa shape index (κ1) is 14.0. The summed E-state index contributed by atoms with van der Waals surface area (Å²) < 4.78 is 1.90. The summed E-state index contributed by atoms with van der Waals surface area (Å²) >= 11 is 0. The van der Waals surface area contributed by atoms with Crippen LogP contribution in [0.15, 0.2) is 48.7 Å². The lowest BCUT2D eigenvalue weighted by atomic mass is 10.1. The summed E-state index contributed by atoms with van der Waals surface area (Å²) in [5.41, 5.74) is 3.98. The van der Waals surface area contributed by atoms with Gasteiger partial charge in [0.25, 0.3) is 0 Å². The molecule has 3 aromatic rings. The Hall–Kier alpha value is -2.66. The van der Waals surface area contributed by atoms with E-state index in [4.69, 9.17) is 0 Å². The molecule has 1 atom stereocenters. The topological polar surface area (TPSA) is 59.0 Å². The lowest BCUT2D eigenvalue weighted by molar-refractivity contribution is -0.119. The van der Waals surface area contributed by atoms with Crippen molar-refractivity contribution in [2.75, 3.05) is 11.9 Å². The number of carbonyl (C=O) groups is 1. The maximum absolute atomic E-state index is 12.1. The van der Waals surface area contributed by atoms with E-state index in [2.05, 4.69) is 34.8 Å². The highest BCUT2D eigenvalue weighted by Gasteiger charge is 2.24. The predicted molar refractivity (Wildman–Crippen MR) is 90.8 cm³/mol. The predicted octanol–water partition coefficient (Wildman–Crippen LogP) is 2.63. The van der Waals surface area contributed by atoms with Gasteiger partial charge in [-0.15, -0.1) is 0 Å². The van der Waals surface area contributed by atoms with Gasteiger partial charge in [0.2, 0.25) is 5.91 Å². The highest BCUT2D eigenvalue weighted by molar-refractivity contribution is 5.97. The molecule has 0 radical (unpaired) electrons. The number of hydrogen-bond donors (Lipinski definition) is 2. The Labute approximate surface area is 134 Å². The molecule has 1 saturated heterocycles. The van der Waals surface area contributed by atoms with E-state index in [0.717, 1.165) is 35.2 Å². The standard InChI is InChI=1S/C18H18N4O/c1-12-3-2-4-15(9-12)22-17-10-14(6-5-13(17)11-20-22)21-18(23)16-7-8-19-16/h2-6,9-11,16,19H,7-8H2,1H3,(H,21,23). The van der Waals surface area contributed by atoms with E-state index in [-0.39, 0.29) is 11.9 Å². The monoisotopic (exact) mass is 306 g/mol. The maximum Gasteiger partial charge on any atom is 0.241 e. The van der Waals surface area contributed by atoms with Gasteiger partial charge < -0.3 is 10.6 Å². The minimum atomic E-state index is -0.0626. The largest absolute Gasteiger partial charge is 0.325 e. The Bertz CT molecular complexity index is 880. The number of hydrogen-bond acceptors (Lipinski definition) is 3. The third-order valence-corrected chi connectivity index (χ3v) is 4.22. The van der Waals surface area contributed by atoms with Gasteiger partial charge in [-0.2, -0.15) is 5.10 Å². The number of fused-ring (bicyclic) bond motifs is 1. The number of amides is 1. The molecule has 0 aliphatic carbocycles. The summed E-state index contributed by atoms with van der Waals surface area (Å²) in [5.74, 6) is 0.0252. The zero-order valence-corrected chi connectivity index (χ0v) is 12.9. The van der Waals surface area contributed by atoms with Crippen LogP contribution >= 0.6 is 0 Å². The molecule has 2 aromatic carbocycles. The van der Waals surface area contributed by atoms with Crippen molar-refractivity contribution in [2.24, 2.45) is 0 Å². The molecule has 2 heterocycles. The lowest BCUT2D eigenvalue weighted by Gasteiger charge is -2.26. The Morgan fingerprint density at radius 1 is 1.30 bits per heavy atom. The molecule has 1 aromatic heterocycles. The SMILES string of the molecule is Cc1cccc(-n2ncc3ccc(NC(=O)C4CCN4)cc32)c1. The van der Waals surface area contributed by atoms with Crippen LogP contribution in [-0.4, -0.2) is 28.3 Å². The van der Waals surface area contributed by atoms with Crippen molar-refractivity contribution in [3.05, 3.63) is 54.2 Å². The normalized spacial score (nSPS) is 17.0. The van der Waals surface area contributed by atoms with Crippen LogP contribution in [0.1, 0.15) is 12.0 Å². The molecule has 2 N–H and O–H groups in total. The third-order valence-electron chi connectivity index (χ3n) is 4.22. The Balaban J connectivity index is 1.69. The van der Waals surface area contributed by atoms with Gasteiger partial charge in [0.1, 0.15) is 0 Å². The molecule has 0 spiro atoms. The van der Waals surface area contributed by atoms with E-state index < -0.39 is 0 Å². The summed E-state index contributed by atoms with van der Waals surface area (Å²) in [6, 6.07) is 14.0. The van der Waals surface area contributed by atoms with Gasteiger partial charge in [-0.3, -0.25) is 4.79 Å². The van der Waals surface area contributed by atoms with E-state index in [0.29, 0.717) is 0 Å². The van der Waals surface area contributed by atoms with Crippen LogP contribution in [0.2, 0.25) is 0 Å². The average molecular weight is 306 g/mol. The lowest BCUT2D eigenvalue weighted by Crippen LogP contribution is -2.50. The molecule has 0 bridgehead atoms. The summed E-state index contributed by atoms with van der Waals surface area (Å²) in [6.07, 6.45) is 2.74. The van der Waals surface area contributed by atoms with Gasteiger partial charge >= 0.3 is 0 Å². The molecule has 1 unspecified atom stereocenters. The van der Waals surface area contributed by atoms with Crippen LogP contribution in [0, 0.1) is 6.92 Å². The first-order valence-electron chi connectivity index (χ1n) is 7.80. The fourth-order valence-electron chi connectivity index (χ4n) is 2.80. The number of aromatic nitrogens is 2. The molecule has 1 amide bonds. The zero-order valence-electron chi connectivity index (χ0n) is 12.9. The fourth-order valence-corrected chi connectivity index (χ4v) is 2.80. The third kappa shape index (κ3) is 2.59. The first-order chi connectivity index (χ1) is 11.2. The quantitative estimate of drug-likeness (QED) is 0.782. The Morgan fingerprint density at radius 2 is 2.17 bits per heavy atom. The molecule has 1 fully saturated rings. The molecule has 116 valence electrons. The smallest absolute Gasteiger partial charge is 0.241 e. The number of carbonyl (C=O) groups excluding carboxylic acids is 1. The summed E-state index contributed by atoms with van der Waals surface area (Å²) in [6.45, 7) is 2.98. The Kier molecular flexibility index (Phi) is 3.35. The molecular formula is C18H18N4O. The van der Waals surface area contributed by atoms with Crippen LogP contribution < -0.4 is 10.6 Å². The summed E-state index contributed by atoms with van der Waals surface area (Å²) in [4.78, 5) is 12.1. The molecular weight excluding hydrogens is 288 g/mol. The average Bonchev–Trinajstić information content (AvgIpc) is 2.88. The van der Waals surface area contributed by atoms with Crippen molar-refractivity contribution >= 4 is 22.5 Å². The van der Waals surface area contributed by atoms with Crippen LogP contribution in [0.4, 0.5) is 5.69 Å². The number of nitrogens with one attached hydrogen (secondary N) is 2. The number of benzene rings is 2. The Morgan fingerprint density at radius 3 is 2.91 bits per heavy atom. The number of nitrogens with zero attached hydrogens (tertiary/aromatic N) is 2. The van der Waals surface area contributed by atoms with Crippen molar-refractivity contribution in [1.29, 1.82) is 0 Å². The van der Waals surface area contributed by atoms with Crippen molar-refractivity contribution in [3.8, 4) is 5.69 Å². The van der Waals surface area contributed by atoms with Crippen LogP contribution in [-0.2, 0) is 4.79 Å². The molecule has 0 saturated carbocycles. The number of aryl methyl sites for hydroxylation is 1. The highest BCUT2D eigenvalue weighted by atomic mass is 16.2. The van der Waals surface area contributed by atoms with E-state index in [1.54, 1.807) is 0 Å². The van der Waals surface area contributed by atoms with Gasteiger partial charge in [0.05, 0.1) is 23.4 Å². The van der Waals surface area contributed by atoms with E-state index in [1.165, 1.54) is 5.56 Å². The van der Waals surface area contributed by atoms with Crippen molar-refractivity contribution in [1.82, 2.24) is 15.1 Å². The highest BCUT2D eigenvalue weighted by Crippen LogP contribution is 2.23. The zero-order chi connectivity index (χ0) is 15.8. The minimum Gasteiger partial charge on any atom is -0.325 e. The fraction of sp³-hybridized carbons (Fsp3) is 0.222. The van der Waals surface area contributed by atoms with Crippen LogP contribution in [0.25, 0.3) is 16.6 Å². The second kappa shape index (κ2) is 5.52. The van der Waals surface area contributed by atoms with Crippen molar-refractivity contribution < 1.29 is 4.79 Å². The van der Waals surface area contributed by atoms with Crippen LogP contribution in [0.3, 0.4) is 0 Å². The van der Waals surface area contributed by atoms with Crippen LogP contribution in [0.5, 0.6) is 0 Å². The minimum absolute atomic E-state index is 0.0252. The van der Waals surface area contributed by atoms with Gasteiger partial charge in [-0.25, -0.2) is 4.68 Å². The summed E-state index contributed by atoms with van der Waals surface area (Å²) in [5, 5.41) is 11.6. The maximum atomic E-state index is 12.1. The molecule has 23 heavy (non-hydrogen) atoms. The van der Waals surface area contributed by atoms with Crippen molar-refractivity contribution in [2.45, 2.75) is 19.4 Å². The summed E-state index contributed by atoms with van der Waals surface area (Å²) in [7, 11) is 0. The van der Waals surface area contributed by atoms with Crippen molar-refractivity contribution in [3.63, 3.8) is 0 Å². The van der Waals surface area contributed by atoms with E-state index in [9.17, 15) is 4.79 Å². The van der Waals surface area contributed by atoms with Gasteiger partial charge in [-0.05, 0) is 55.8 Å². The molecule has 1 aliphatic rings. The molecule has 4 rings (SSSR count). The molecule has 5 heteroatoms. The molecule has 1 aliphatic heterocycles. The first-order valence-corrected chi connectivity index (χ1v) is 7.80. The molecule has 5 nitrogen and oxygen atoms in total. The second-order valence-electron chi connectivity index (χ2n) is 5.95. The van der Waals surface area contributed by atoms with Gasteiger partial charge in [0.15, 0.2) is 0 Å².